The third-order valence-corrected chi connectivity index (χ3v) is 14.9. The molecule has 0 unspecified atom stereocenters. The second-order valence-electron chi connectivity index (χ2n) is 22.2. The molecule has 2 saturated heterocycles. The van der Waals surface area contributed by atoms with E-state index in [1.807, 2.05) is 9.80 Å². The lowest BCUT2D eigenvalue weighted by Gasteiger charge is -2.35. The summed E-state index contributed by atoms with van der Waals surface area (Å²) in [5.74, 6) is -0.580. The third kappa shape index (κ3) is 11.0. The number of halogens is 2. The molecule has 10 rings (SSSR count). The maximum absolute atomic E-state index is 16.8. The fourth-order valence-electron chi connectivity index (χ4n) is 10.4. The molecule has 77 heavy (non-hydrogen) atoms. The monoisotopic (exact) mass is 1050 g/mol. The number of piperazine rings is 2. The molecule has 0 saturated carbocycles. The van der Waals surface area contributed by atoms with E-state index in [1.165, 1.54) is 39.0 Å². The molecule has 8 aromatic rings. The van der Waals surface area contributed by atoms with Crippen molar-refractivity contribution in [3.8, 4) is 5.75 Å². The summed E-state index contributed by atoms with van der Waals surface area (Å²) in [4.78, 5) is 77.0. The number of hydrogen-bond acceptors (Lipinski definition) is 12. The molecular formula is C57H66F2N12O6. The van der Waals surface area contributed by atoms with Gasteiger partial charge in [0.15, 0.2) is 33.9 Å². The lowest BCUT2D eigenvalue weighted by molar-refractivity contribution is 0.208. The van der Waals surface area contributed by atoms with Gasteiger partial charge in [-0.3, -0.25) is 47.6 Å². The van der Waals surface area contributed by atoms with Crippen LogP contribution in [0.4, 0.5) is 20.7 Å². The van der Waals surface area contributed by atoms with E-state index >= 15 is 8.78 Å². The van der Waals surface area contributed by atoms with E-state index in [4.69, 9.17) is 14.7 Å². The van der Waals surface area contributed by atoms with Gasteiger partial charge in [-0.1, -0.05) is 120 Å². The van der Waals surface area contributed by atoms with Crippen LogP contribution in [0.5, 0.6) is 5.75 Å². The maximum atomic E-state index is 16.8. The summed E-state index contributed by atoms with van der Waals surface area (Å²) < 4.78 is 43.6. The summed E-state index contributed by atoms with van der Waals surface area (Å²) >= 11 is 0. The molecule has 0 bridgehead atoms. The van der Waals surface area contributed by atoms with Crippen LogP contribution >= 0.6 is 0 Å². The number of H-pyrrole nitrogens is 2. The van der Waals surface area contributed by atoms with Gasteiger partial charge in [0.25, 0.3) is 11.1 Å². The molecule has 0 amide bonds. The minimum Gasteiger partial charge on any atom is -0.489 e. The van der Waals surface area contributed by atoms with E-state index in [0.717, 1.165) is 17.7 Å². The highest BCUT2D eigenvalue weighted by atomic mass is 19.1. The zero-order chi connectivity index (χ0) is 54.3. The number of aliphatic hydroxyl groups excluding tert-OH is 1. The van der Waals surface area contributed by atoms with Crippen molar-refractivity contribution in [3.05, 3.63) is 178 Å². The average Bonchev–Trinajstić information content (AvgIpc) is 3.98. The first-order chi connectivity index (χ1) is 36.8. The van der Waals surface area contributed by atoms with Crippen molar-refractivity contribution in [2.75, 3.05) is 68.8 Å². The summed E-state index contributed by atoms with van der Waals surface area (Å²) in [7, 11) is 0. The normalized spacial score (nSPS) is 15.1. The molecule has 2 aliphatic rings. The average molecular weight is 1050 g/mol. The molecule has 0 spiro atoms. The molecule has 20 heteroatoms. The van der Waals surface area contributed by atoms with E-state index in [1.54, 1.807) is 39.5 Å². The Labute approximate surface area is 443 Å². The molecule has 0 aliphatic carbocycles. The number of aliphatic hydroxyl groups is 1. The highest BCUT2D eigenvalue weighted by molar-refractivity contribution is 5.76. The van der Waals surface area contributed by atoms with Gasteiger partial charge < -0.3 is 19.6 Å². The number of aromatic amines is 2. The minimum atomic E-state index is -0.829. The van der Waals surface area contributed by atoms with Crippen LogP contribution in [0.25, 0.3) is 22.3 Å². The van der Waals surface area contributed by atoms with Crippen molar-refractivity contribution in [2.45, 2.75) is 91.8 Å². The number of aromatic nitrogens is 8. The quantitative estimate of drug-likeness (QED) is 0.113. The Hall–Kier alpha value is -7.68. The fraction of sp³-hybridized carbons (Fsp3) is 0.404. The molecule has 4 aromatic carbocycles. The number of nitrogens with one attached hydrogen (secondary N) is 2. The highest BCUT2D eigenvalue weighted by Gasteiger charge is 2.29. The Morgan fingerprint density at radius 3 is 1.48 bits per heavy atom. The molecule has 3 N–H and O–H groups in total. The van der Waals surface area contributed by atoms with Gasteiger partial charge in [-0.05, 0) is 45.2 Å². The third-order valence-electron chi connectivity index (χ3n) is 14.9. The second kappa shape index (κ2) is 21.4. The Morgan fingerprint density at radius 1 is 0.545 bits per heavy atom. The van der Waals surface area contributed by atoms with Crippen LogP contribution in [0.1, 0.15) is 74.9 Å². The molecule has 2 fully saturated rings. The Bertz CT molecular complexity index is 3680. The van der Waals surface area contributed by atoms with Crippen molar-refractivity contribution in [1.82, 2.24) is 48.0 Å². The molecule has 0 radical (unpaired) electrons. The van der Waals surface area contributed by atoms with E-state index in [0.29, 0.717) is 69.8 Å². The topological polar surface area (TPSA) is 188 Å². The molecule has 6 heterocycles. The van der Waals surface area contributed by atoms with Crippen LogP contribution in [0.2, 0.25) is 0 Å². The van der Waals surface area contributed by atoms with E-state index in [9.17, 15) is 24.3 Å². The lowest BCUT2D eigenvalue weighted by Crippen LogP contribution is -2.47. The Balaban J connectivity index is 0.886. The van der Waals surface area contributed by atoms with Crippen LogP contribution in [-0.4, -0.2) is 112 Å². The highest BCUT2D eigenvalue weighted by Crippen LogP contribution is 2.30. The predicted molar refractivity (Wildman–Crippen MR) is 293 cm³/mol. The predicted octanol–water partition coefficient (Wildman–Crippen LogP) is 5.73. The van der Waals surface area contributed by atoms with E-state index in [-0.39, 0.29) is 70.7 Å². The summed E-state index contributed by atoms with van der Waals surface area (Å²) in [5, 5.41) is 10.2. The number of benzene rings is 4. The zero-order valence-electron chi connectivity index (χ0n) is 44.5. The molecule has 404 valence electrons. The summed E-state index contributed by atoms with van der Waals surface area (Å²) in [5.41, 5.74) is 2.58. The van der Waals surface area contributed by atoms with Gasteiger partial charge in [-0.2, -0.15) is 9.97 Å². The minimum absolute atomic E-state index is 0.0141. The first-order valence-corrected chi connectivity index (χ1v) is 26.2. The number of ether oxygens (including phenoxy) is 1. The van der Waals surface area contributed by atoms with Crippen molar-refractivity contribution in [2.24, 2.45) is 0 Å². The standard InChI is InChI=1S/C57H66F2N12O6/c1-56(2,3)41-18-14-37(15-19-41)32-64-22-26-66(27-23-64)52-60-48-46(69(52)34-39-10-7-8-12-43(39)58)50(73)62-54(75)68(48)30-31-77-44-13-9-11-40(45(44)59)35-70-47-49(71(36-72)55(76)63-51(47)74)61-53(70)67-28-24-65(25-29-67)33-38-16-20-42(21-17-38)57(4,5)6/h7-21,72H,22-36H2,1-6H3,(H,62,73,75)(H,63,74,76). The SMILES string of the molecule is CC(C)(C)c1ccc(CN2CCN(c3nc4c(c(=O)[nH]c(=O)n4CO)n3Cc3cccc(OCCn4c(=O)[nH]c(=O)c5c4nc(N4CCN(Cc6ccc(C(C)(C)C)cc6)CC4)n5Cc4ccccc4F)c3F)CC2)cc1. The van der Waals surface area contributed by atoms with E-state index in [2.05, 4.69) is 110 Å². The van der Waals surface area contributed by atoms with Crippen molar-refractivity contribution < 1.29 is 18.6 Å². The fourth-order valence-corrected chi connectivity index (χ4v) is 10.4. The first-order valence-electron chi connectivity index (χ1n) is 26.2. The van der Waals surface area contributed by atoms with Crippen LogP contribution in [0.15, 0.2) is 110 Å². The maximum Gasteiger partial charge on any atom is 0.332 e. The van der Waals surface area contributed by atoms with Gasteiger partial charge in [-0.15, -0.1) is 0 Å². The molecule has 2 aliphatic heterocycles. The number of nitrogens with zero attached hydrogens (tertiary/aromatic N) is 10. The summed E-state index contributed by atoms with van der Waals surface area (Å²) in [6.45, 7) is 18.1. The number of rotatable bonds is 15. The number of fused-ring (bicyclic) bond motifs is 2. The largest absolute Gasteiger partial charge is 0.489 e. The zero-order valence-corrected chi connectivity index (χ0v) is 44.5. The van der Waals surface area contributed by atoms with Gasteiger partial charge in [0.2, 0.25) is 11.9 Å². The van der Waals surface area contributed by atoms with Gasteiger partial charge in [0.1, 0.15) is 19.2 Å². The Morgan fingerprint density at radius 2 is 1.00 bits per heavy atom. The summed E-state index contributed by atoms with van der Waals surface area (Å²) in [6, 6.07) is 28.3. The van der Waals surface area contributed by atoms with Crippen LogP contribution in [-0.2, 0) is 50.3 Å². The van der Waals surface area contributed by atoms with Gasteiger partial charge >= 0.3 is 11.4 Å². The van der Waals surface area contributed by atoms with Crippen molar-refractivity contribution in [1.29, 1.82) is 0 Å². The van der Waals surface area contributed by atoms with E-state index < -0.39 is 40.9 Å². The van der Waals surface area contributed by atoms with Crippen molar-refractivity contribution in [3.63, 3.8) is 0 Å². The lowest BCUT2D eigenvalue weighted by atomic mass is 9.87. The number of anilines is 2. The second-order valence-corrected chi connectivity index (χ2v) is 22.2. The number of imidazole rings is 2. The van der Waals surface area contributed by atoms with Crippen LogP contribution in [0, 0.1) is 11.6 Å². The first kappa shape index (κ1) is 52.7. The summed E-state index contributed by atoms with van der Waals surface area (Å²) in [6.07, 6.45) is 0. The number of hydrogen-bond donors (Lipinski definition) is 3. The Kier molecular flexibility index (Phi) is 14.7. The van der Waals surface area contributed by atoms with Crippen LogP contribution in [0.3, 0.4) is 0 Å². The molecule has 4 aromatic heterocycles. The molecule has 18 nitrogen and oxygen atoms in total. The van der Waals surface area contributed by atoms with Crippen molar-refractivity contribution >= 4 is 34.2 Å². The van der Waals surface area contributed by atoms with Gasteiger partial charge in [-0.25, -0.2) is 18.4 Å². The van der Waals surface area contributed by atoms with Gasteiger partial charge in [0, 0.05) is 76.6 Å². The molecular weight excluding hydrogens is 987 g/mol. The smallest absolute Gasteiger partial charge is 0.332 e. The van der Waals surface area contributed by atoms with Gasteiger partial charge in [0.05, 0.1) is 19.6 Å². The molecule has 0 atom stereocenters. The van der Waals surface area contributed by atoms with Crippen LogP contribution < -0.4 is 37.0 Å².